The number of para-hydroxylation sites is 6. The van der Waals surface area contributed by atoms with Crippen LogP contribution in [-0.2, 0) is 0 Å². The van der Waals surface area contributed by atoms with E-state index in [1.165, 1.54) is 74.8 Å². The molecule has 0 N–H and O–H groups in total. The third-order valence-electron chi connectivity index (χ3n) is 16.3. The van der Waals surface area contributed by atoms with E-state index in [1.807, 2.05) is 12.1 Å². The maximum absolute atomic E-state index is 6.41. The van der Waals surface area contributed by atoms with Gasteiger partial charge in [-0.15, -0.1) is 22.7 Å². The number of halogens is 1. The minimum absolute atomic E-state index is 0.271. The summed E-state index contributed by atoms with van der Waals surface area (Å²) < 4.78 is 11.6. The summed E-state index contributed by atoms with van der Waals surface area (Å²) in [5, 5.41) is 9.86. The zero-order chi connectivity index (χ0) is 55.4. The van der Waals surface area contributed by atoms with E-state index in [0.717, 1.165) is 82.2 Å². The normalized spacial score (nSPS) is 11.9. The highest BCUT2D eigenvalue weighted by Gasteiger charge is 2.22. The quantitative estimate of drug-likeness (QED) is 0.156. The maximum atomic E-state index is 6.41. The van der Waals surface area contributed by atoms with Crippen LogP contribution in [0.15, 0.2) is 267 Å². The predicted octanol–water partition coefficient (Wildman–Crippen LogP) is 20.6. The van der Waals surface area contributed by atoms with Gasteiger partial charge in [0.15, 0.2) is 5.82 Å². The van der Waals surface area contributed by atoms with Gasteiger partial charge in [-0.3, -0.25) is 0 Å². The predicted molar refractivity (Wildman–Crippen MR) is 354 cm³/mol. The molecule has 0 aliphatic carbocycles. The Morgan fingerprint density at radius 1 is 0.274 bits per heavy atom. The Balaban J connectivity index is 0.000000145. The van der Waals surface area contributed by atoms with Crippen LogP contribution in [-0.4, -0.2) is 33.6 Å². The highest BCUT2D eigenvalue weighted by molar-refractivity contribution is 7.26. The number of fused-ring (bicyclic) bond motifs is 15. The Kier molecular flexibility index (Phi) is 11.2. The second kappa shape index (κ2) is 19.4. The van der Waals surface area contributed by atoms with E-state index in [0.29, 0.717) is 0 Å². The summed E-state index contributed by atoms with van der Waals surface area (Å²) in [6.07, 6.45) is 0. The first-order valence-electron chi connectivity index (χ1n) is 27.9. The van der Waals surface area contributed by atoms with Gasteiger partial charge in [-0.25, -0.2) is 19.9 Å². The molecule has 0 saturated heterocycles. The number of aromatic nitrogens is 7. The molecule has 7 nitrogen and oxygen atoms in total. The van der Waals surface area contributed by atoms with Gasteiger partial charge in [-0.2, -0.15) is 0 Å². The minimum atomic E-state index is 0.271. The fourth-order valence-electron chi connectivity index (χ4n) is 12.6. The van der Waals surface area contributed by atoms with Crippen LogP contribution in [0.5, 0.6) is 0 Å². The molecule has 0 spiro atoms. The second-order valence-corrected chi connectivity index (χ2v) is 23.5. The molecule has 0 bridgehead atoms. The van der Waals surface area contributed by atoms with Gasteiger partial charge in [-0.1, -0.05) is 170 Å². The maximum Gasteiger partial charge on any atom is 0.223 e. The van der Waals surface area contributed by atoms with Crippen LogP contribution < -0.4 is 0 Å². The monoisotopic (exact) mass is 1130 g/mol. The van der Waals surface area contributed by atoms with Crippen molar-refractivity contribution >= 4 is 140 Å². The lowest BCUT2D eigenvalue weighted by Crippen LogP contribution is -1.97. The van der Waals surface area contributed by atoms with Crippen LogP contribution >= 0.6 is 34.3 Å². The summed E-state index contributed by atoms with van der Waals surface area (Å²) >= 11 is 9.89. The smallest absolute Gasteiger partial charge is 0.223 e. The number of thiophene rings is 2. The largest absolute Gasteiger partial charge is 0.309 e. The van der Waals surface area contributed by atoms with E-state index < -0.39 is 0 Å². The van der Waals surface area contributed by atoms with Crippen molar-refractivity contribution in [2.24, 2.45) is 0 Å². The number of hydrogen-bond acceptors (Lipinski definition) is 6. The van der Waals surface area contributed by atoms with Gasteiger partial charge in [0.2, 0.25) is 5.28 Å². The molecule has 0 unspecified atom stereocenters. The fraction of sp³-hybridized carbons (Fsp3) is 0. The van der Waals surface area contributed by atoms with Crippen molar-refractivity contribution in [2.45, 2.75) is 0 Å². The topological polar surface area (TPSA) is 66.3 Å². The van der Waals surface area contributed by atoms with Crippen molar-refractivity contribution in [3.8, 4) is 51.0 Å². The van der Waals surface area contributed by atoms with Crippen LogP contribution in [0.25, 0.3) is 157 Å². The van der Waals surface area contributed by atoms with Crippen molar-refractivity contribution < 1.29 is 0 Å². The molecule has 0 aliphatic rings. The molecule has 84 heavy (non-hydrogen) atoms. The Labute approximate surface area is 493 Å². The average Bonchev–Trinajstić information content (AvgIpc) is 3.04. The summed E-state index contributed by atoms with van der Waals surface area (Å²) in [6, 6.07) is 94.5. The van der Waals surface area contributed by atoms with Crippen LogP contribution in [0, 0.1) is 0 Å². The highest BCUT2D eigenvalue weighted by atomic mass is 35.5. The average molecular weight is 1130 g/mol. The molecular weight excluding hydrogens is 1090 g/mol. The Morgan fingerprint density at radius 3 is 1.15 bits per heavy atom. The summed E-state index contributed by atoms with van der Waals surface area (Å²) in [4.78, 5) is 20.0. The van der Waals surface area contributed by atoms with Crippen molar-refractivity contribution in [2.75, 3.05) is 0 Å². The molecule has 0 amide bonds. The van der Waals surface area contributed by atoms with Crippen molar-refractivity contribution in [1.82, 2.24) is 33.6 Å². The molecule has 0 saturated carbocycles. The van der Waals surface area contributed by atoms with Crippen LogP contribution in [0.2, 0.25) is 5.28 Å². The van der Waals surface area contributed by atoms with Crippen molar-refractivity contribution in [3.05, 3.63) is 272 Å². The third kappa shape index (κ3) is 7.71. The Hall–Kier alpha value is -10.3. The SMILES string of the molecule is Clc1nc(-c2ccc3c(c2)c2ccccc2n3-c2ccccc2)c2sc3ccccc3c2n1.c1ccc(-n2c3ccccc3c3cc(-c4nc(-c5cccc(-n6c7ccccc7c7ccccc76)c5)nc5c4sc4ccccc45)ccc32)cc1. The van der Waals surface area contributed by atoms with Gasteiger partial charge in [-0.05, 0) is 109 Å². The van der Waals surface area contributed by atoms with Gasteiger partial charge < -0.3 is 13.7 Å². The summed E-state index contributed by atoms with van der Waals surface area (Å²) in [6.45, 7) is 0. The van der Waals surface area contributed by atoms with Crippen LogP contribution in [0.4, 0.5) is 0 Å². The summed E-state index contributed by atoms with van der Waals surface area (Å²) in [5.74, 6) is 0.718. The van der Waals surface area contributed by atoms with Crippen LogP contribution in [0.1, 0.15) is 0 Å². The number of nitrogens with zero attached hydrogens (tertiary/aromatic N) is 7. The zero-order valence-corrected chi connectivity index (χ0v) is 47.1. The first-order valence-corrected chi connectivity index (χ1v) is 29.9. The van der Waals surface area contributed by atoms with E-state index in [9.17, 15) is 0 Å². The summed E-state index contributed by atoms with van der Waals surface area (Å²) in [7, 11) is 0. The molecule has 18 rings (SSSR count). The number of benzene rings is 11. The van der Waals surface area contributed by atoms with Gasteiger partial charge in [0.25, 0.3) is 0 Å². The van der Waals surface area contributed by atoms with E-state index in [2.05, 4.69) is 278 Å². The van der Waals surface area contributed by atoms with E-state index >= 15 is 0 Å². The molecule has 7 aromatic heterocycles. The van der Waals surface area contributed by atoms with Gasteiger partial charge >= 0.3 is 0 Å². The molecule has 0 atom stereocenters. The van der Waals surface area contributed by atoms with Gasteiger partial charge in [0.1, 0.15) is 0 Å². The first kappa shape index (κ1) is 48.4. The minimum Gasteiger partial charge on any atom is -0.309 e. The molecule has 0 radical (unpaired) electrons. The molecule has 0 aliphatic heterocycles. The number of rotatable bonds is 6. The van der Waals surface area contributed by atoms with Crippen molar-refractivity contribution in [3.63, 3.8) is 0 Å². The summed E-state index contributed by atoms with van der Waals surface area (Å²) in [5.41, 5.74) is 17.3. The third-order valence-corrected chi connectivity index (χ3v) is 18.8. The first-order chi connectivity index (χ1) is 41.6. The van der Waals surface area contributed by atoms with E-state index in [1.54, 1.807) is 22.7 Å². The molecule has 394 valence electrons. The van der Waals surface area contributed by atoms with Gasteiger partial charge in [0.05, 0.1) is 64.9 Å². The number of hydrogen-bond donors (Lipinski definition) is 0. The Morgan fingerprint density at radius 2 is 0.655 bits per heavy atom. The van der Waals surface area contributed by atoms with E-state index in [-0.39, 0.29) is 5.28 Å². The standard InChI is InChI=1S/C46H28N4S.C28H16ClN3S/c1-2-14-31(15-3-1)49-40-23-10-6-19-35(40)37-28-29(25-26-41(37)49)43-45-44(36-20-7-11-24-42(36)51-45)48-46(47-43)30-13-12-16-32(27-30)50-38-21-8-4-17-33(38)34-18-5-9-22-39(34)50;29-28-30-25(27-26(31-28)20-11-5-7-13-24(20)33-27)17-14-15-23-21(16-17)19-10-4-6-12-22(19)32(23)18-8-2-1-3-9-18/h1-28H;1-16H. The lowest BCUT2D eigenvalue weighted by molar-refractivity contribution is 1.17. The molecular formula is C74H44ClN7S2. The van der Waals surface area contributed by atoms with Crippen LogP contribution in [0.3, 0.4) is 0 Å². The lowest BCUT2D eigenvalue weighted by atomic mass is 10.1. The molecule has 0 fully saturated rings. The lowest BCUT2D eigenvalue weighted by Gasteiger charge is -2.11. The molecule has 11 aromatic carbocycles. The van der Waals surface area contributed by atoms with Gasteiger partial charge in [0, 0.05) is 86.2 Å². The van der Waals surface area contributed by atoms with E-state index in [4.69, 9.17) is 21.6 Å². The fourth-order valence-corrected chi connectivity index (χ4v) is 15.1. The zero-order valence-electron chi connectivity index (χ0n) is 44.7. The molecule has 7 heterocycles. The molecule has 18 aromatic rings. The highest BCUT2D eigenvalue weighted by Crippen LogP contribution is 2.44. The second-order valence-electron chi connectivity index (χ2n) is 21.0. The molecule has 10 heteroatoms. The Bertz CT molecular complexity index is 5610. The van der Waals surface area contributed by atoms with Crippen molar-refractivity contribution in [1.29, 1.82) is 0 Å².